The topological polar surface area (TPSA) is 43.4 Å². The number of pyridine rings is 1. The number of aryl methyl sites for hydroxylation is 1. The standard InChI is InChI=1S/C26H24N2O2/c1-29-20-8-4-6-18(16-20)17-30-25-11-5-10-23-22(25)13-15-26(27-23)28-24-14-12-19-7-2-3-9-21(19)24/h2-11,13,15-16,24H,12,14,17H2,1H3,(H,27,28). The molecule has 5 rings (SSSR count). The molecule has 4 heteroatoms. The number of nitrogens with one attached hydrogen (secondary N) is 1. The summed E-state index contributed by atoms with van der Waals surface area (Å²) in [5.74, 6) is 2.56. The van der Waals surface area contributed by atoms with E-state index in [1.54, 1.807) is 7.11 Å². The van der Waals surface area contributed by atoms with Crippen LogP contribution in [0.5, 0.6) is 11.5 Å². The number of nitrogens with zero attached hydrogens (tertiary/aromatic N) is 1. The predicted molar refractivity (Wildman–Crippen MR) is 120 cm³/mol. The molecule has 1 N–H and O–H groups in total. The van der Waals surface area contributed by atoms with Crippen LogP contribution in [0.15, 0.2) is 78.9 Å². The van der Waals surface area contributed by atoms with E-state index in [0.717, 1.165) is 46.6 Å². The first kappa shape index (κ1) is 18.5. The molecule has 0 amide bonds. The quantitative estimate of drug-likeness (QED) is 0.439. The molecule has 4 nitrogen and oxygen atoms in total. The average Bonchev–Trinajstić information content (AvgIpc) is 3.20. The van der Waals surface area contributed by atoms with Gasteiger partial charge in [0.05, 0.1) is 18.7 Å². The Bertz CT molecular complexity index is 1190. The zero-order chi connectivity index (χ0) is 20.3. The lowest BCUT2D eigenvalue weighted by molar-refractivity contribution is 0.309. The summed E-state index contributed by atoms with van der Waals surface area (Å²) < 4.78 is 11.4. The van der Waals surface area contributed by atoms with E-state index in [4.69, 9.17) is 14.5 Å². The van der Waals surface area contributed by atoms with Crippen LogP contribution in [0.2, 0.25) is 0 Å². The van der Waals surface area contributed by atoms with Gasteiger partial charge in [0.1, 0.15) is 23.9 Å². The van der Waals surface area contributed by atoms with Crippen molar-refractivity contribution in [1.82, 2.24) is 4.98 Å². The number of rotatable bonds is 6. The molecule has 0 radical (unpaired) electrons. The number of ether oxygens (including phenoxy) is 2. The Labute approximate surface area is 176 Å². The van der Waals surface area contributed by atoms with Crippen molar-refractivity contribution in [2.24, 2.45) is 0 Å². The Morgan fingerprint density at radius 1 is 0.967 bits per heavy atom. The molecule has 0 bridgehead atoms. The van der Waals surface area contributed by atoms with Gasteiger partial charge >= 0.3 is 0 Å². The molecule has 0 saturated heterocycles. The highest BCUT2D eigenvalue weighted by Gasteiger charge is 2.22. The highest BCUT2D eigenvalue weighted by atomic mass is 16.5. The van der Waals surface area contributed by atoms with Crippen LogP contribution in [0.25, 0.3) is 10.9 Å². The van der Waals surface area contributed by atoms with E-state index in [2.05, 4.69) is 35.6 Å². The SMILES string of the molecule is COc1cccc(COc2cccc3nc(NC4CCc5ccccc54)ccc23)c1. The maximum atomic E-state index is 6.11. The first-order valence-corrected chi connectivity index (χ1v) is 10.3. The lowest BCUT2D eigenvalue weighted by Crippen LogP contribution is -2.08. The van der Waals surface area contributed by atoms with Gasteiger partial charge in [0, 0.05) is 5.39 Å². The molecule has 0 fully saturated rings. The summed E-state index contributed by atoms with van der Waals surface area (Å²) in [6.45, 7) is 0.481. The minimum absolute atomic E-state index is 0.318. The van der Waals surface area contributed by atoms with E-state index in [9.17, 15) is 0 Å². The molecule has 30 heavy (non-hydrogen) atoms. The van der Waals surface area contributed by atoms with Crippen molar-refractivity contribution in [2.45, 2.75) is 25.5 Å². The van der Waals surface area contributed by atoms with Gasteiger partial charge in [-0.15, -0.1) is 0 Å². The highest BCUT2D eigenvalue weighted by molar-refractivity contribution is 5.86. The molecule has 0 saturated carbocycles. The summed E-state index contributed by atoms with van der Waals surface area (Å²) in [6.07, 6.45) is 2.21. The third-order valence-electron chi connectivity index (χ3n) is 5.68. The van der Waals surface area contributed by atoms with Crippen LogP contribution in [0.4, 0.5) is 5.82 Å². The summed E-state index contributed by atoms with van der Waals surface area (Å²) in [7, 11) is 1.67. The van der Waals surface area contributed by atoms with Gasteiger partial charge in [0.15, 0.2) is 0 Å². The van der Waals surface area contributed by atoms with Crippen LogP contribution in [0, 0.1) is 0 Å². The molecule has 1 aliphatic carbocycles. The van der Waals surface area contributed by atoms with E-state index < -0.39 is 0 Å². The van der Waals surface area contributed by atoms with Crippen LogP contribution < -0.4 is 14.8 Å². The van der Waals surface area contributed by atoms with Crippen molar-refractivity contribution in [3.05, 3.63) is 95.6 Å². The van der Waals surface area contributed by atoms with E-state index in [1.807, 2.05) is 48.5 Å². The minimum Gasteiger partial charge on any atom is -0.497 e. The molecule has 1 atom stereocenters. The van der Waals surface area contributed by atoms with Crippen LogP contribution in [-0.4, -0.2) is 12.1 Å². The smallest absolute Gasteiger partial charge is 0.129 e. The zero-order valence-electron chi connectivity index (χ0n) is 17.0. The number of fused-ring (bicyclic) bond motifs is 2. The molecule has 4 aromatic rings. The summed E-state index contributed by atoms with van der Waals surface area (Å²) in [4.78, 5) is 4.84. The Kier molecular flexibility index (Phi) is 4.98. The predicted octanol–water partition coefficient (Wildman–Crippen LogP) is 5.92. The first-order chi connectivity index (χ1) is 14.8. The van der Waals surface area contributed by atoms with E-state index >= 15 is 0 Å². The van der Waals surface area contributed by atoms with Gasteiger partial charge in [0.25, 0.3) is 0 Å². The fraction of sp³-hybridized carbons (Fsp3) is 0.192. The summed E-state index contributed by atoms with van der Waals surface area (Å²) in [5, 5.41) is 4.63. The largest absolute Gasteiger partial charge is 0.497 e. The number of aromatic nitrogens is 1. The van der Waals surface area contributed by atoms with Gasteiger partial charge in [-0.05, 0) is 65.9 Å². The Morgan fingerprint density at radius 2 is 1.87 bits per heavy atom. The highest BCUT2D eigenvalue weighted by Crippen LogP contribution is 2.34. The Morgan fingerprint density at radius 3 is 2.80 bits per heavy atom. The first-order valence-electron chi connectivity index (χ1n) is 10.3. The summed E-state index contributed by atoms with van der Waals surface area (Å²) in [6, 6.07) is 27.1. The average molecular weight is 396 g/mol. The van der Waals surface area contributed by atoms with Crippen LogP contribution in [0.3, 0.4) is 0 Å². The normalized spacial score (nSPS) is 15.0. The molecule has 1 heterocycles. The molecule has 0 spiro atoms. The van der Waals surface area contributed by atoms with Crippen molar-refractivity contribution in [1.29, 1.82) is 0 Å². The van der Waals surface area contributed by atoms with Crippen LogP contribution in [0.1, 0.15) is 29.2 Å². The molecular formula is C26H24N2O2. The van der Waals surface area contributed by atoms with Gasteiger partial charge < -0.3 is 14.8 Å². The fourth-order valence-electron chi connectivity index (χ4n) is 4.14. The van der Waals surface area contributed by atoms with Gasteiger partial charge in [-0.25, -0.2) is 4.98 Å². The van der Waals surface area contributed by atoms with E-state index in [0.29, 0.717) is 12.6 Å². The molecule has 1 unspecified atom stereocenters. The Hall–Kier alpha value is -3.53. The van der Waals surface area contributed by atoms with Gasteiger partial charge in [-0.2, -0.15) is 0 Å². The second-order valence-corrected chi connectivity index (χ2v) is 7.59. The monoisotopic (exact) mass is 396 g/mol. The van der Waals surface area contributed by atoms with Crippen molar-refractivity contribution in [3.8, 4) is 11.5 Å². The number of hydrogen-bond acceptors (Lipinski definition) is 4. The van der Waals surface area contributed by atoms with Crippen molar-refractivity contribution < 1.29 is 9.47 Å². The van der Waals surface area contributed by atoms with Gasteiger partial charge in [0.2, 0.25) is 0 Å². The minimum atomic E-state index is 0.318. The maximum Gasteiger partial charge on any atom is 0.129 e. The Balaban J connectivity index is 1.35. The second kappa shape index (κ2) is 8.07. The lowest BCUT2D eigenvalue weighted by Gasteiger charge is -2.16. The van der Waals surface area contributed by atoms with Crippen LogP contribution in [-0.2, 0) is 13.0 Å². The molecular weight excluding hydrogens is 372 g/mol. The summed E-state index contributed by atoms with van der Waals surface area (Å²) in [5.41, 5.74) is 4.81. The number of anilines is 1. The van der Waals surface area contributed by atoms with Gasteiger partial charge in [-0.1, -0.05) is 42.5 Å². The summed E-state index contributed by atoms with van der Waals surface area (Å²) >= 11 is 0. The maximum absolute atomic E-state index is 6.11. The third kappa shape index (κ3) is 3.69. The van der Waals surface area contributed by atoms with Crippen molar-refractivity contribution in [2.75, 3.05) is 12.4 Å². The molecule has 3 aromatic carbocycles. The van der Waals surface area contributed by atoms with Crippen molar-refractivity contribution in [3.63, 3.8) is 0 Å². The zero-order valence-corrected chi connectivity index (χ0v) is 17.0. The fourth-order valence-corrected chi connectivity index (χ4v) is 4.14. The van der Waals surface area contributed by atoms with Crippen LogP contribution >= 0.6 is 0 Å². The number of hydrogen-bond donors (Lipinski definition) is 1. The van der Waals surface area contributed by atoms with Crippen molar-refractivity contribution >= 4 is 16.7 Å². The van der Waals surface area contributed by atoms with E-state index in [1.165, 1.54) is 11.1 Å². The van der Waals surface area contributed by atoms with E-state index in [-0.39, 0.29) is 0 Å². The van der Waals surface area contributed by atoms with Gasteiger partial charge in [-0.3, -0.25) is 0 Å². The molecule has 0 aliphatic heterocycles. The molecule has 1 aliphatic rings. The third-order valence-corrected chi connectivity index (χ3v) is 5.68. The lowest BCUT2D eigenvalue weighted by atomic mass is 10.1. The molecule has 1 aromatic heterocycles. The second-order valence-electron chi connectivity index (χ2n) is 7.59. The molecule has 150 valence electrons. The number of benzene rings is 3. The number of methoxy groups -OCH3 is 1.